The summed E-state index contributed by atoms with van der Waals surface area (Å²) >= 11 is 0. The highest BCUT2D eigenvalue weighted by Crippen LogP contribution is 2.23. The van der Waals surface area contributed by atoms with Crippen molar-refractivity contribution in [2.45, 2.75) is 20.3 Å². The SMILES string of the molecule is CCc1cccc(-n2c(C)nc3cc(N)ccc32)c1. The van der Waals surface area contributed by atoms with Crippen molar-refractivity contribution in [3.05, 3.63) is 53.9 Å². The molecule has 2 N–H and O–H groups in total. The molecule has 0 bridgehead atoms. The van der Waals surface area contributed by atoms with Crippen LogP contribution in [-0.2, 0) is 6.42 Å². The summed E-state index contributed by atoms with van der Waals surface area (Å²) in [5.41, 5.74) is 11.1. The van der Waals surface area contributed by atoms with E-state index in [4.69, 9.17) is 5.73 Å². The van der Waals surface area contributed by atoms with E-state index in [1.807, 2.05) is 25.1 Å². The largest absolute Gasteiger partial charge is 0.399 e. The van der Waals surface area contributed by atoms with Gasteiger partial charge in [0.25, 0.3) is 0 Å². The lowest BCUT2D eigenvalue weighted by molar-refractivity contribution is 0.993. The molecule has 0 fully saturated rings. The number of nitrogens with zero attached hydrogens (tertiary/aromatic N) is 2. The van der Waals surface area contributed by atoms with Crippen molar-refractivity contribution in [3.63, 3.8) is 0 Å². The molecule has 3 nitrogen and oxygen atoms in total. The predicted octanol–water partition coefficient (Wildman–Crippen LogP) is 3.48. The molecule has 0 unspecified atom stereocenters. The first kappa shape index (κ1) is 11.8. The maximum atomic E-state index is 5.82. The Balaban J connectivity index is 2.26. The molecule has 0 saturated carbocycles. The number of nitrogens with two attached hydrogens (primary N) is 1. The van der Waals surface area contributed by atoms with Crippen molar-refractivity contribution < 1.29 is 0 Å². The molecule has 0 aliphatic carbocycles. The lowest BCUT2D eigenvalue weighted by atomic mass is 10.1. The first-order valence-electron chi connectivity index (χ1n) is 6.53. The Morgan fingerprint density at radius 3 is 2.79 bits per heavy atom. The van der Waals surface area contributed by atoms with Crippen molar-refractivity contribution in [1.82, 2.24) is 9.55 Å². The Morgan fingerprint density at radius 2 is 2.00 bits per heavy atom. The minimum atomic E-state index is 0.749. The van der Waals surface area contributed by atoms with E-state index in [-0.39, 0.29) is 0 Å². The van der Waals surface area contributed by atoms with Crippen molar-refractivity contribution in [2.24, 2.45) is 0 Å². The van der Waals surface area contributed by atoms with E-state index >= 15 is 0 Å². The molecule has 0 radical (unpaired) electrons. The number of benzene rings is 2. The van der Waals surface area contributed by atoms with Crippen molar-refractivity contribution in [2.75, 3.05) is 5.73 Å². The first-order chi connectivity index (χ1) is 9.19. The Hall–Kier alpha value is -2.29. The van der Waals surface area contributed by atoms with Crippen molar-refractivity contribution in [3.8, 4) is 5.69 Å². The highest BCUT2D eigenvalue weighted by molar-refractivity contribution is 5.81. The number of hydrogen-bond donors (Lipinski definition) is 1. The summed E-state index contributed by atoms with van der Waals surface area (Å²) in [5.74, 6) is 0.980. The number of aryl methyl sites for hydroxylation is 2. The van der Waals surface area contributed by atoms with Gasteiger partial charge in [0.1, 0.15) is 5.82 Å². The maximum absolute atomic E-state index is 5.82. The van der Waals surface area contributed by atoms with Crippen molar-refractivity contribution >= 4 is 16.7 Å². The topological polar surface area (TPSA) is 43.8 Å². The van der Waals surface area contributed by atoms with Crippen LogP contribution in [0.4, 0.5) is 5.69 Å². The molecule has 2 aromatic carbocycles. The van der Waals surface area contributed by atoms with E-state index in [0.717, 1.165) is 34.7 Å². The van der Waals surface area contributed by atoms with Crippen LogP contribution in [0.25, 0.3) is 16.7 Å². The Kier molecular flexibility index (Phi) is 2.75. The zero-order chi connectivity index (χ0) is 13.4. The van der Waals surface area contributed by atoms with E-state index in [1.165, 1.54) is 5.56 Å². The molecule has 0 aliphatic heterocycles. The van der Waals surface area contributed by atoms with E-state index in [9.17, 15) is 0 Å². The number of nitrogen functional groups attached to an aromatic ring is 1. The number of rotatable bonds is 2. The average molecular weight is 251 g/mol. The van der Waals surface area contributed by atoms with Crippen molar-refractivity contribution in [1.29, 1.82) is 0 Å². The normalized spacial score (nSPS) is 11.1. The molecule has 0 spiro atoms. The van der Waals surface area contributed by atoms with Crippen LogP contribution >= 0.6 is 0 Å². The van der Waals surface area contributed by atoms with Crippen LogP contribution in [0.2, 0.25) is 0 Å². The Bertz CT molecular complexity index is 741. The van der Waals surface area contributed by atoms with Gasteiger partial charge in [-0.15, -0.1) is 0 Å². The standard InChI is InChI=1S/C16H17N3/c1-3-12-5-4-6-14(9-12)19-11(2)18-15-10-13(17)7-8-16(15)19/h4-10H,3,17H2,1-2H3. The van der Waals surface area contributed by atoms with Gasteiger partial charge in [0.15, 0.2) is 0 Å². The minimum Gasteiger partial charge on any atom is -0.399 e. The van der Waals surface area contributed by atoms with Gasteiger partial charge in [-0.1, -0.05) is 19.1 Å². The molecule has 0 atom stereocenters. The summed E-state index contributed by atoms with van der Waals surface area (Å²) < 4.78 is 2.17. The van der Waals surface area contributed by atoms with Crippen LogP contribution in [0.15, 0.2) is 42.5 Å². The molecule has 1 heterocycles. The monoisotopic (exact) mass is 251 g/mol. The number of aromatic nitrogens is 2. The smallest absolute Gasteiger partial charge is 0.111 e. The molecule has 3 heteroatoms. The summed E-state index contributed by atoms with van der Waals surface area (Å²) in [5, 5.41) is 0. The summed E-state index contributed by atoms with van der Waals surface area (Å²) in [7, 11) is 0. The third-order valence-electron chi connectivity index (χ3n) is 3.42. The summed E-state index contributed by atoms with van der Waals surface area (Å²) in [6, 6.07) is 14.4. The second-order valence-corrected chi connectivity index (χ2v) is 4.77. The predicted molar refractivity (Wildman–Crippen MR) is 79.6 cm³/mol. The van der Waals surface area contributed by atoms with Gasteiger partial charge in [-0.2, -0.15) is 0 Å². The van der Waals surface area contributed by atoms with Crippen LogP contribution in [0.1, 0.15) is 18.3 Å². The van der Waals surface area contributed by atoms with Gasteiger partial charge in [0.05, 0.1) is 11.0 Å². The van der Waals surface area contributed by atoms with Gasteiger partial charge >= 0.3 is 0 Å². The van der Waals surface area contributed by atoms with Crippen LogP contribution in [0.5, 0.6) is 0 Å². The van der Waals surface area contributed by atoms with Crippen LogP contribution in [0.3, 0.4) is 0 Å². The van der Waals surface area contributed by atoms with E-state index in [2.05, 4.69) is 40.7 Å². The average Bonchev–Trinajstić information content (AvgIpc) is 2.73. The van der Waals surface area contributed by atoms with E-state index in [1.54, 1.807) is 0 Å². The third-order valence-corrected chi connectivity index (χ3v) is 3.42. The minimum absolute atomic E-state index is 0.749. The molecule has 3 rings (SSSR count). The zero-order valence-electron chi connectivity index (χ0n) is 11.2. The molecule has 0 amide bonds. The summed E-state index contributed by atoms with van der Waals surface area (Å²) in [6.07, 6.45) is 1.03. The fourth-order valence-corrected chi connectivity index (χ4v) is 2.46. The van der Waals surface area contributed by atoms with Gasteiger partial charge in [0.2, 0.25) is 0 Å². The second kappa shape index (κ2) is 4.43. The van der Waals surface area contributed by atoms with E-state index < -0.39 is 0 Å². The van der Waals surface area contributed by atoms with E-state index in [0.29, 0.717) is 0 Å². The quantitative estimate of drug-likeness (QED) is 0.709. The fraction of sp³-hybridized carbons (Fsp3) is 0.188. The second-order valence-electron chi connectivity index (χ2n) is 4.77. The molecule has 96 valence electrons. The van der Waals surface area contributed by atoms with Gasteiger partial charge < -0.3 is 5.73 Å². The molecule has 3 aromatic rings. The highest BCUT2D eigenvalue weighted by Gasteiger charge is 2.09. The highest BCUT2D eigenvalue weighted by atomic mass is 15.1. The van der Waals surface area contributed by atoms with Crippen LogP contribution in [-0.4, -0.2) is 9.55 Å². The lowest BCUT2D eigenvalue weighted by Crippen LogP contribution is -1.97. The molecule has 19 heavy (non-hydrogen) atoms. The molecule has 0 saturated heterocycles. The number of imidazole rings is 1. The lowest BCUT2D eigenvalue weighted by Gasteiger charge is -2.08. The molecule has 0 aliphatic rings. The van der Waals surface area contributed by atoms with Gasteiger partial charge in [-0.3, -0.25) is 4.57 Å². The third kappa shape index (κ3) is 1.97. The number of anilines is 1. The number of hydrogen-bond acceptors (Lipinski definition) is 2. The van der Waals surface area contributed by atoms with Gasteiger partial charge in [-0.05, 0) is 49.2 Å². The van der Waals surface area contributed by atoms with Gasteiger partial charge in [-0.25, -0.2) is 4.98 Å². The van der Waals surface area contributed by atoms with Crippen LogP contribution in [0, 0.1) is 6.92 Å². The van der Waals surface area contributed by atoms with Gasteiger partial charge in [0, 0.05) is 11.4 Å². The van der Waals surface area contributed by atoms with Crippen LogP contribution < -0.4 is 5.73 Å². The molecular formula is C16H17N3. The Labute approximate surface area is 112 Å². The first-order valence-corrected chi connectivity index (χ1v) is 6.53. The summed E-state index contributed by atoms with van der Waals surface area (Å²) in [4.78, 5) is 4.59. The molecule has 1 aromatic heterocycles. The fourth-order valence-electron chi connectivity index (χ4n) is 2.46. The molecular weight excluding hydrogens is 234 g/mol. The zero-order valence-corrected chi connectivity index (χ0v) is 11.2. The Morgan fingerprint density at radius 1 is 1.16 bits per heavy atom. The number of fused-ring (bicyclic) bond motifs is 1. The maximum Gasteiger partial charge on any atom is 0.111 e. The summed E-state index contributed by atoms with van der Waals surface area (Å²) in [6.45, 7) is 4.19.